The number of thiophene rings is 1. The zero-order valence-corrected chi connectivity index (χ0v) is 14.4. The number of esters is 1. The summed E-state index contributed by atoms with van der Waals surface area (Å²) in [5, 5.41) is 3.16. The fraction of sp³-hybridized carbons (Fsp3) is 0.562. The summed E-state index contributed by atoms with van der Waals surface area (Å²) in [6.45, 7) is 7.17. The summed E-state index contributed by atoms with van der Waals surface area (Å²) in [5.41, 5.74) is 0.862. The van der Waals surface area contributed by atoms with Crippen LogP contribution in [-0.2, 0) is 9.53 Å². The van der Waals surface area contributed by atoms with Crippen molar-refractivity contribution >= 4 is 34.0 Å². The van der Waals surface area contributed by atoms with Crippen molar-refractivity contribution in [2.75, 3.05) is 11.9 Å². The molecular formula is C16H23NO4S. The molecule has 0 saturated carbocycles. The van der Waals surface area contributed by atoms with Crippen LogP contribution in [0.4, 0.5) is 5.00 Å². The average Bonchev–Trinajstić information content (AvgIpc) is 2.76. The summed E-state index contributed by atoms with van der Waals surface area (Å²) in [7, 11) is 0. The van der Waals surface area contributed by atoms with Crippen LogP contribution < -0.4 is 5.32 Å². The summed E-state index contributed by atoms with van der Waals surface area (Å²) in [5.74, 6) is -0.775. The summed E-state index contributed by atoms with van der Waals surface area (Å²) < 4.78 is 5.03. The molecule has 0 saturated heterocycles. The number of carbonyl (C=O) groups is 3. The minimum atomic E-state index is -0.507. The van der Waals surface area contributed by atoms with Gasteiger partial charge in [0.05, 0.1) is 17.0 Å². The number of hydrogen-bond acceptors (Lipinski definition) is 5. The van der Waals surface area contributed by atoms with Crippen LogP contribution in [0.5, 0.6) is 0 Å². The molecule has 1 aromatic rings. The van der Waals surface area contributed by atoms with Crippen LogP contribution in [0.2, 0.25) is 0 Å². The van der Waals surface area contributed by atoms with Gasteiger partial charge in [0.1, 0.15) is 5.00 Å². The number of amides is 1. The maximum Gasteiger partial charge on any atom is 0.341 e. The van der Waals surface area contributed by atoms with Gasteiger partial charge in [-0.2, -0.15) is 0 Å². The number of rotatable bonds is 8. The zero-order chi connectivity index (χ0) is 16.7. The van der Waals surface area contributed by atoms with Crippen LogP contribution in [0, 0.1) is 6.92 Å². The maximum atomic E-state index is 12.1. The second kappa shape index (κ2) is 8.68. The van der Waals surface area contributed by atoms with Gasteiger partial charge in [-0.15, -0.1) is 11.3 Å². The van der Waals surface area contributed by atoms with Gasteiger partial charge in [0.25, 0.3) is 0 Å². The van der Waals surface area contributed by atoms with Crippen LogP contribution in [0.3, 0.4) is 0 Å². The first-order valence-corrected chi connectivity index (χ1v) is 8.35. The van der Waals surface area contributed by atoms with E-state index in [-0.39, 0.29) is 18.3 Å². The van der Waals surface area contributed by atoms with E-state index in [1.54, 1.807) is 13.8 Å². The number of nitrogens with one attached hydrogen (secondary N) is 1. The highest BCUT2D eigenvalue weighted by atomic mass is 32.1. The third kappa shape index (κ3) is 4.66. The molecule has 1 rings (SSSR count). The fourth-order valence-electron chi connectivity index (χ4n) is 2.11. The SMILES string of the molecule is CCCCCC(=O)Nc1sc(C(C)=O)c(C)c1C(=O)OCC. The lowest BCUT2D eigenvalue weighted by molar-refractivity contribution is -0.116. The monoisotopic (exact) mass is 325 g/mol. The molecule has 0 radical (unpaired) electrons. The van der Waals surface area contributed by atoms with Crippen molar-refractivity contribution in [1.29, 1.82) is 0 Å². The minimum Gasteiger partial charge on any atom is -0.462 e. The van der Waals surface area contributed by atoms with Gasteiger partial charge in [0, 0.05) is 6.42 Å². The van der Waals surface area contributed by atoms with Crippen LogP contribution in [0.15, 0.2) is 0 Å². The number of unbranched alkanes of at least 4 members (excludes halogenated alkanes) is 2. The van der Waals surface area contributed by atoms with E-state index in [2.05, 4.69) is 12.2 Å². The Kier molecular flexibility index (Phi) is 7.24. The Labute approximate surface area is 135 Å². The maximum absolute atomic E-state index is 12.1. The van der Waals surface area contributed by atoms with E-state index in [1.165, 1.54) is 6.92 Å². The molecule has 0 unspecified atom stereocenters. The van der Waals surface area contributed by atoms with E-state index < -0.39 is 5.97 Å². The third-order valence-corrected chi connectivity index (χ3v) is 4.51. The van der Waals surface area contributed by atoms with E-state index in [9.17, 15) is 14.4 Å². The molecule has 0 aliphatic carbocycles. The van der Waals surface area contributed by atoms with Crippen LogP contribution in [0.1, 0.15) is 72.0 Å². The molecule has 6 heteroatoms. The number of ketones is 1. The Morgan fingerprint density at radius 1 is 1.18 bits per heavy atom. The lowest BCUT2D eigenvalue weighted by Crippen LogP contribution is -2.14. The normalized spacial score (nSPS) is 10.4. The molecule has 1 N–H and O–H groups in total. The highest BCUT2D eigenvalue weighted by molar-refractivity contribution is 7.18. The number of carbonyl (C=O) groups excluding carboxylic acids is 3. The molecule has 0 aromatic carbocycles. The number of anilines is 1. The van der Waals surface area contributed by atoms with Crippen molar-refractivity contribution < 1.29 is 19.1 Å². The number of Topliss-reactive ketones (excluding diaryl/α,β-unsaturated/α-hetero) is 1. The van der Waals surface area contributed by atoms with Crippen molar-refractivity contribution in [3.05, 3.63) is 16.0 Å². The van der Waals surface area contributed by atoms with E-state index >= 15 is 0 Å². The predicted molar refractivity (Wildman–Crippen MR) is 87.8 cm³/mol. The molecule has 122 valence electrons. The largest absolute Gasteiger partial charge is 0.462 e. The lowest BCUT2D eigenvalue weighted by atomic mass is 10.1. The second-order valence-electron chi connectivity index (χ2n) is 5.04. The number of hydrogen-bond donors (Lipinski definition) is 1. The first kappa shape index (κ1) is 18.4. The van der Waals surface area contributed by atoms with Gasteiger partial charge in [-0.1, -0.05) is 19.8 Å². The van der Waals surface area contributed by atoms with Gasteiger partial charge < -0.3 is 10.1 Å². The Morgan fingerprint density at radius 2 is 1.86 bits per heavy atom. The van der Waals surface area contributed by atoms with Gasteiger partial charge >= 0.3 is 5.97 Å². The molecule has 0 spiro atoms. The molecule has 1 amide bonds. The van der Waals surface area contributed by atoms with Crippen molar-refractivity contribution in [3.63, 3.8) is 0 Å². The highest BCUT2D eigenvalue weighted by Gasteiger charge is 2.25. The Bertz CT molecular complexity index is 563. The average molecular weight is 325 g/mol. The van der Waals surface area contributed by atoms with Crippen molar-refractivity contribution in [2.45, 2.75) is 53.4 Å². The van der Waals surface area contributed by atoms with Crippen molar-refractivity contribution in [2.24, 2.45) is 0 Å². The topological polar surface area (TPSA) is 72.5 Å². The van der Waals surface area contributed by atoms with Crippen molar-refractivity contribution in [1.82, 2.24) is 0 Å². The smallest absolute Gasteiger partial charge is 0.341 e. The molecule has 0 bridgehead atoms. The summed E-state index contributed by atoms with van der Waals surface area (Å²) in [6.07, 6.45) is 3.23. The van der Waals surface area contributed by atoms with E-state index in [0.717, 1.165) is 30.6 Å². The molecular weight excluding hydrogens is 302 g/mol. The molecule has 1 aromatic heterocycles. The second-order valence-corrected chi connectivity index (χ2v) is 6.06. The lowest BCUT2D eigenvalue weighted by Gasteiger charge is -2.07. The predicted octanol–water partition coefficient (Wildman–Crippen LogP) is 3.95. The van der Waals surface area contributed by atoms with Crippen LogP contribution in [0.25, 0.3) is 0 Å². The molecule has 0 aliphatic heterocycles. The van der Waals surface area contributed by atoms with E-state index in [0.29, 0.717) is 27.4 Å². The third-order valence-electron chi connectivity index (χ3n) is 3.21. The molecule has 0 aliphatic rings. The Morgan fingerprint density at radius 3 is 2.41 bits per heavy atom. The van der Waals surface area contributed by atoms with Gasteiger partial charge in [-0.05, 0) is 32.8 Å². The Hall–Kier alpha value is -1.69. The summed E-state index contributed by atoms with van der Waals surface area (Å²) in [4.78, 5) is 36.2. The van der Waals surface area contributed by atoms with Crippen molar-refractivity contribution in [3.8, 4) is 0 Å². The van der Waals surface area contributed by atoms with Gasteiger partial charge in [-0.25, -0.2) is 4.79 Å². The quantitative estimate of drug-likeness (QED) is 0.446. The minimum absolute atomic E-state index is 0.125. The molecule has 0 atom stereocenters. The molecule has 1 heterocycles. The van der Waals surface area contributed by atoms with Gasteiger partial charge in [0.15, 0.2) is 5.78 Å². The summed E-state index contributed by atoms with van der Waals surface area (Å²) in [6, 6.07) is 0. The van der Waals surface area contributed by atoms with E-state index in [1.807, 2.05) is 0 Å². The van der Waals surface area contributed by atoms with Crippen LogP contribution in [-0.4, -0.2) is 24.3 Å². The molecule has 22 heavy (non-hydrogen) atoms. The molecule has 5 nitrogen and oxygen atoms in total. The van der Waals surface area contributed by atoms with E-state index in [4.69, 9.17) is 4.74 Å². The van der Waals surface area contributed by atoms with Gasteiger partial charge in [0.2, 0.25) is 5.91 Å². The zero-order valence-electron chi connectivity index (χ0n) is 13.6. The first-order valence-electron chi connectivity index (χ1n) is 7.53. The first-order chi connectivity index (χ1) is 10.4. The number of ether oxygens (including phenoxy) is 1. The Balaban J connectivity index is 3.01. The van der Waals surface area contributed by atoms with Gasteiger partial charge in [-0.3, -0.25) is 9.59 Å². The van der Waals surface area contributed by atoms with Crippen LogP contribution >= 0.6 is 11.3 Å². The highest BCUT2D eigenvalue weighted by Crippen LogP contribution is 2.34. The molecule has 0 fully saturated rings. The summed E-state index contributed by atoms with van der Waals surface area (Å²) >= 11 is 1.13. The standard InChI is InChI=1S/C16H23NO4S/c1-5-7-8-9-12(19)17-15-13(16(20)21-6-2)10(3)14(22-15)11(4)18/h5-9H2,1-4H3,(H,17,19). The fourth-order valence-corrected chi connectivity index (χ4v) is 3.22.